The van der Waals surface area contributed by atoms with E-state index in [1.54, 1.807) is 24.3 Å². The number of carbonyl (C=O) groups is 1. The minimum Gasteiger partial charge on any atom is -0.433 e. The molecule has 1 aliphatic rings. The molecule has 1 N–H and O–H groups in total. The highest BCUT2D eigenvalue weighted by atomic mass is 31.2. The lowest BCUT2D eigenvalue weighted by Crippen LogP contribution is -2.46. The van der Waals surface area contributed by atoms with Gasteiger partial charge in [0.25, 0.3) is 0 Å². The van der Waals surface area contributed by atoms with Gasteiger partial charge in [-0.15, -0.1) is 0 Å². The molecule has 1 unspecified atom stereocenters. The zero-order valence-electron chi connectivity index (χ0n) is 18.3. The fourth-order valence-electron chi connectivity index (χ4n) is 3.67. The molecule has 31 heavy (non-hydrogen) atoms. The van der Waals surface area contributed by atoms with Crippen LogP contribution in [0.2, 0.25) is 6.04 Å². The Hall–Kier alpha value is -1.96. The van der Waals surface area contributed by atoms with Crippen molar-refractivity contribution in [2.75, 3.05) is 26.4 Å². The van der Waals surface area contributed by atoms with E-state index in [1.807, 2.05) is 45.0 Å². The number of nitrogens with one attached hydrogen (secondary N) is 1. The Balaban J connectivity index is 1.70. The number of fused-ring (bicyclic) bond motifs is 3. The lowest BCUT2D eigenvalue weighted by molar-refractivity contribution is 0.0708. The molecule has 0 radical (unpaired) electrons. The first kappa shape index (κ1) is 23.7. The van der Waals surface area contributed by atoms with E-state index < -0.39 is 21.8 Å². The highest BCUT2D eigenvalue weighted by Crippen LogP contribution is 2.54. The molecule has 0 bridgehead atoms. The van der Waals surface area contributed by atoms with Crippen LogP contribution in [0.3, 0.4) is 0 Å². The molecule has 0 fully saturated rings. The standard InChI is InChI=1S/C22H30NO6PSi/c1-4-26-31(27-5-2,28-6-3)17-11-16-23-22(24)30(25)21-15-10-8-13-19(21)18-12-7-9-14-20(18)29-30/h7-10,12-15H,4-6,11,16-17H2,1-3H3,(H,23,24). The fraction of sp³-hybridized carbons (Fsp3) is 0.409. The molecule has 7 nitrogen and oxygen atoms in total. The van der Waals surface area contributed by atoms with Crippen molar-refractivity contribution in [2.45, 2.75) is 33.2 Å². The van der Waals surface area contributed by atoms with Crippen LogP contribution in [0, 0.1) is 0 Å². The molecule has 1 atom stereocenters. The monoisotopic (exact) mass is 463 g/mol. The molecule has 0 aliphatic carbocycles. The number of rotatable bonds is 11. The first-order valence-corrected chi connectivity index (χ1v) is 14.2. The molecule has 1 aliphatic heterocycles. The van der Waals surface area contributed by atoms with E-state index >= 15 is 0 Å². The molecule has 0 spiro atoms. The SMILES string of the molecule is CCO[Si](CCCNC(=O)P1(=O)Oc2ccccc2-c2ccccc21)(OCC)OCC. The molecule has 2 aromatic rings. The molecule has 0 saturated heterocycles. The molecule has 9 heteroatoms. The van der Waals surface area contributed by atoms with Gasteiger partial charge in [0.2, 0.25) is 0 Å². The highest BCUT2D eigenvalue weighted by molar-refractivity contribution is 7.83. The summed E-state index contributed by atoms with van der Waals surface area (Å²) in [5, 5.41) is 3.22. The Morgan fingerprint density at radius 3 is 2.16 bits per heavy atom. The van der Waals surface area contributed by atoms with Gasteiger partial charge in [-0.05, 0) is 44.9 Å². The van der Waals surface area contributed by atoms with E-state index in [1.165, 1.54) is 0 Å². The second-order valence-corrected chi connectivity index (χ2v) is 11.9. The molecule has 0 saturated carbocycles. The fourth-order valence-corrected chi connectivity index (χ4v) is 8.23. The minimum atomic E-state index is -3.78. The molecule has 2 aromatic carbocycles. The minimum absolute atomic E-state index is 0.317. The number of amides is 1. The summed E-state index contributed by atoms with van der Waals surface area (Å²) < 4.78 is 37.0. The van der Waals surface area contributed by atoms with E-state index in [4.69, 9.17) is 17.8 Å². The van der Waals surface area contributed by atoms with Crippen molar-refractivity contribution >= 4 is 27.1 Å². The van der Waals surface area contributed by atoms with E-state index in [-0.39, 0.29) is 0 Å². The summed E-state index contributed by atoms with van der Waals surface area (Å²) in [4.78, 5) is 13.0. The van der Waals surface area contributed by atoms with E-state index in [9.17, 15) is 9.36 Å². The quantitative estimate of drug-likeness (QED) is 0.293. The average Bonchev–Trinajstić information content (AvgIpc) is 2.77. The molecule has 0 aromatic heterocycles. The Bertz CT molecular complexity index is 936. The smallest absolute Gasteiger partial charge is 0.433 e. The maximum Gasteiger partial charge on any atom is 0.500 e. The van der Waals surface area contributed by atoms with Gasteiger partial charge < -0.3 is 23.1 Å². The van der Waals surface area contributed by atoms with Crippen molar-refractivity contribution in [3.05, 3.63) is 48.5 Å². The van der Waals surface area contributed by atoms with Gasteiger partial charge in [0, 0.05) is 38.0 Å². The van der Waals surface area contributed by atoms with E-state index in [2.05, 4.69) is 5.32 Å². The predicted octanol–water partition coefficient (Wildman–Crippen LogP) is 4.80. The normalized spacial score (nSPS) is 17.4. The summed E-state index contributed by atoms with van der Waals surface area (Å²) in [6.45, 7) is 7.53. The zero-order valence-corrected chi connectivity index (χ0v) is 20.2. The van der Waals surface area contributed by atoms with Gasteiger partial charge in [0.1, 0.15) is 5.75 Å². The van der Waals surface area contributed by atoms with Gasteiger partial charge in [0.05, 0.1) is 5.30 Å². The third kappa shape index (κ3) is 5.10. The molecule has 3 rings (SSSR count). The molecule has 1 heterocycles. The topological polar surface area (TPSA) is 83.1 Å². The van der Waals surface area contributed by atoms with Crippen LogP contribution in [-0.4, -0.2) is 40.8 Å². The number of hydrogen-bond donors (Lipinski definition) is 1. The maximum atomic E-state index is 13.7. The summed E-state index contributed by atoms with van der Waals surface area (Å²) in [5.41, 5.74) is 0.988. The predicted molar refractivity (Wildman–Crippen MR) is 123 cm³/mol. The van der Waals surface area contributed by atoms with Gasteiger partial charge in [-0.25, -0.2) is 0 Å². The van der Waals surface area contributed by atoms with Gasteiger partial charge in [0.15, 0.2) is 0 Å². The van der Waals surface area contributed by atoms with Crippen LogP contribution in [0.5, 0.6) is 5.75 Å². The lowest BCUT2D eigenvalue weighted by Gasteiger charge is -2.29. The number of para-hydroxylation sites is 1. The van der Waals surface area contributed by atoms with Crippen LogP contribution in [-0.2, 0) is 17.8 Å². The number of benzene rings is 2. The van der Waals surface area contributed by atoms with Crippen molar-refractivity contribution in [1.29, 1.82) is 0 Å². The van der Waals surface area contributed by atoms with Crippen LogP contribution >= 0.6 is 7.37 Å². The highest BCUT2D eigenvalue weighted by Gasteiger charge is 2.43. The van der Waals surface area contributed by atoms with Crippen molar-refractivity contribution in [1.82, 2.24) is 5.32 Å². The Labute approximate surface area is 184 Å². The lowest BCUT2D eigenvalue weighted by atomic mass is 10.0. The molecule has 168 valence electrons. The second-order valence-electron chi connectivity index (χ2n) is 6.97. The second kappa shape index (κ2) is 10.6. The summed E-state index contributed by atoms with van der Waals surface area (Å²) in [6, 6.07) is 15.1. The third-order valence-corrected chi connectivity index (χ3v) is 10.2. The summed E-state index contributed by atoms with van der Waals surface area (Å²) in [5.74, 6) is 0.454. The average molecular weight is 464 g/mol. The van der Waals surface area contributed by atoms with Crippen molar-refractivity contribution in [3.63, 3.8) is 0 Å². The molecular formula is C22H30NO6PSi. The van der Waals surface area contributed by atoms with Crippen LogP contribution in [0.1, 0.15) is 27.2 Å². The van der Waals surface area contributed by atoms with Gasteiger partial charge in [-0.2, -0.15) is 0 Å². The Morgan fingerprint density at radius 1 is 0.935 bits per heavy atom. The zero-order chi connectivity index (χ0) is 22.3. The van der Waals surface area contributed by atoms with Crippen molar-refractivity contribution < 1.29 is 27.2 Å². The van der Waals surface area contributed by atoms with E-state index in [0.29, 0.717) is 49.9 Å². The largest absolute Gasteiger partial charge is 0.500 e. The van der Waals surface area contributed by atoms with Crippen LogP contribution in [0.25, 0.3) is 11.1 Å². The van der Waals surface area contributed by atoms with Gasteiger partial charge in [-0.3, -0.25) is 9.36 Å². The maximum absolute atomic E-state index is 13.7. The molecule has 1 amide bonds. The number of hydrogen-bond acceptors (Lipinski definition) is 6. The summed E-state index contributed by atoms with van der Waals surface area (Å²) in [7, 11) is -6.56. The first-order valence-electron chi connectivity index (χ1n) is 10.7. The van der Waals surface area contributed by atoms with Crippen LogP contribution in [0.4, 0.5) is 4.79 Å². The van der Waals surface area contributed by atoms with Gasteiger partial charge in [-0.1, -0.05) is 36.4 Å². The third-order valence-electron chi connectivity index (χ3n) is 4.92. The Kier molecular flexibility index (Phi) is 8.08. The number of carbonyl (C=O) groups excluding carboxylic acids is 1. The summed E-state index contributed by atoms with van der Waals surface area (Å²) in [6.07, 6.45) is 0.580. The van der Waals surface area contributed by atoms with Crippen LogP contribution < -0.4 is 15.1 Å². The Morgan fingerprint density at radius 2 is 1.52 bits per heavy atom. The van der Waals surface area contributed by atoms with Crippen molar-refractivity contribution in [3.8, 4) is 16.9 Å². The van der Waals surface area contributed by atoms with Gasteiger partial charge >= 0.3 is 21.8 Å². The van der Waals surface area contributed by atoms with Crippen LogP contribution in [0.15, 0.2) is 48.5 Å². The first-order chi connectivity index (χ1) is 15.0. The van der Waals surface area contributed by atoms with E-state index in [0.717, 1.165) is 11.1 Å². The summed E-state index contributed by atoms with van der Waals surface area (Å²) >= 11 is 0. The van der Waals surface area contributed by atoms with Crippen molar-refractivity contribution in [2.24, 2.45) is 0 Å². The molecular weight excluding hydrogens is 433 g/mol.